The normalized spacial score (nSPS) is 14.7. The molecule has 0 atom stereocenters. The fourth-order valence-electron chi connectivity index (χ4n) is 3.76. The Bertz CT molecular complexity index is 1250. The highest BCUT2D eigenvalue weighted by molar-refractivity contribution is 5.81. The van der Waals surface area contributed by atoms with Crippen LogP contribution in [0.4, 0.5) is 5.82 Å². The number of H-pyrrole nitrogens is 1. The summed E-state index contributed by atoms with van der Waals surface area (Å²) in [4.78, 5) is 23.7. The van der Waals surface area contributed by atoms with Crippen LogP contribution >= 0.6 is 0 Å². The number of imidazole rings is 1. The quantitative estimate of drug-likeness (QED) is 0.444. The van der Waals surface area contributed by atoms with E-state index in [0.717, 1.165) is 29.7 Å². The molecule has 0 saturated heterocycles. The first-order chi connectivity index (χ1) is 14.1. The molecule has 1 aromatic carbocycles. The molecule has 1 saturated carbocycles. The van der Waals surface area contributed by atoms with E-state index >= 15 is 0 Å². The number of aryl methyl sites for hydroxylation is 1. The zero-order valence-corrected chi connectivity index (χ0v) is 16.2. The number of nitrogens with zero attached hydrogens (tertiary/aromatic N) is 6. The van der Waals surface area contributed by atoms with E-state index in [2.05, 4.69) is 30.6 Å². The number of fused-ring (bicyclic) bond motifs is 2. The minimum atomic E-state index is -0.266. The van der Waals surface area contributed by atoms with E-state index in [9.17, 15) is 4.79 Å². The first-order valence-electron chi connectivity index (χ1n) is 9.86. The molecule has 1 aliphatic rings. The maximum atomic E-state index is 12.4. The van der Waals surface area contributed by atoms with Gasteiger partial charge in [0.05, 0.1) is 18.6 Å². The third-order valence-corrected chi connectivity index (χ3v) is 5.54. The van der Waals surface area contributed by atoms with Crippen LogP contribution in [0.15, 0.2) is 23.0 Å². The summed E-state index contributed by atoms with van der Waals surface area (Å²) < 4.78 is 3.48. The van der Waals surface area contributed by atoms with Gasteiger partial charge in [-0.05, 0) is 37.5 Å². The monoisotopic (exact) mass is 393 g/mol. The van der Waals surface area contributed by atoms with Gasteiger partial charge in [0.25, 0.3) is 0 Å². The van der Waals surface area contributed by atoms with Crippen LogP contribution in [0.5, 0.6) is 0 Å². The molecule has 0 spiro atoms. The highest BCUT2D eigenvalue weighted by Gasteiger charge is 2.16. The lowest BCUT2D eigenvalue weighted by Crippen LogP contribution is -2.37. The standard InChI is InChI=1S/C19H23N9O/c1-11-22-17(20)16-18(23-11)27(19(29)24-16)10-12-5-6-15-14(9-12)25-26-28(15)8-7-21-13-3-2-4-13/h5-6,9,13,21H,2-4,7-8,10H2,1H3,(H,24,29)(H2,20,22,23). The van der Waals surface area contributed by atoms with Crippen LogP contribution in [0, 0.1) is 6.92 Å². The van der Waals surface area contributed by atoms with E-state index in [4.69, 9.17) is 5.73 Å². The lowest BCUT2D eigenvalue weighted by Gasteiger charge is -2.26. The highest BCUT2D eigenvalue weighted by atomic mass is 16.1. The molecule has 0 amide bonds. The molecular weight excluding hydrogens is 370 g/mol. The van der Waals surface area contributed by atoms with Crippen LogP contribution in [-0.4, -0.2) is 47.1 Å². The number of anilines is 1. The van der Waals surface area contributed by atoms with Gasteiger partial charge < -0.3 is 16.0 Å². The summed E-state index contributed by atoms with van der Waals surface area (Å²) in [7, 11) is 0. The van der Waals surface area contributed by atoms with Crippen molar-refractivity contribution in [3.8, 4) is 0 Å². The Morgan fingerprint density at radius 2 is 2.17 bits per heavy atom. The fourth-order valence-corrected chi connectivity index (χ4v) is 3.76. The van der Waals surface area contributed by atoms with E-state index in [0.29, 0.717) is 29.6 Å². The summed E-state index contributed by atoms with van der Waals surface area (Å²) in [5.74, 6) is 0.800. The molecule has 4 aromatic rings. The molecule has 0 unspecified atom stereocenters. The predicted molar refractivity (Wildman–Crippen MR) is 110 cm³/mol. The summed E-state index contributed by atoms with van der Waals surface area (Å²) in [5, 5.41) is 12.1. The van der Waals surface area contributed by atoms with Crippen LogP contribution in [0.2, 0.25) is 0 Å². The number of benzene rings is 1. The van der Waals surface area contributed by atoms with Crippen LogP contribution in [0.3, 0.4) is 0 Å². The molecule has 0 radical (unpaired) electrons. The Balaban J connectivity index is 1.39. The second kappa shape index (κ2) is 6.96. The molecule has 10 heteroatoms. The Hall–Kier alpha value is -3.27. The summed E-state index contributed by atoms with van der Waals surface area (Å²) in [6.45, 7) is 3.78. The Morgan fingerprint density at radius 3 is 2.97 bits per heavy atom. The molecule has 29 heavy (non-hydrogen) atoms. The van der Waals surface area contributed by atoms with Crippen molar-refractivity contribution in [1.29, 1.82) is 0 Å². The first-order valence-corrected chi connectivity index (χ1v) is 9.86. The molecule has 3 heterocycles. The molecule has 10 nitrogen and oxygen atoms in total. The van der Waals surface area contributed by atoms with E-state index < -0.39 is 0 Å². The second-order valence-electron chi connectivity index (χ2n) is 7.59. The molecule has 5 rings (SSSR count). The van der Waals surface area contributed by atoms with Crippen molar-refractivity contribution in [2.24, 2.45) is 0 Å². The Morgan fingerprint density at radius 1 is 1.31 bits per heavy atom. The Labute approximate surface area is 166 Å². The zero-order valence-electron chi connectivity index (χ0n) is 16.2. The minimum absolute atomic E-state index is 0.266. The molecule has 3 aromatic heterocycles. The average Bonchev–Trinajstić information content (AvgIpc) is 3.19. The smallest absolute Gasteiger partial charge is 0.328 e. The van der Waals surface area contributed by atoms with Crippen LogP contribution in [0.25, 0.3) is 22.2 Å². The third kappa shape index (κ3) is 3.25. The van der Waals surface area contributed by atoms with E-state index in [1.807, 2.05) is 22.9 Å². The van der Waals surface area contributed by atoms with Gasteiger partial charge >= 0.3 is 5.69 Å². The number of aromatic nitrogens is 7. The highest BCUT2D eigenvalue weighted by Crippen LogP contribution is 2.19. The number of nitrogens with two attached hydrogens (primary N) is 1. The van der Waals surface area contributed by atoms with Crippen molar-refractivity contribution in [1.82, 2.24) is 39.8 Å². The maximum absolute atomic E-state index is 12.4. The largest absolute Gasteiger partial charge is 0.382 e. The molecule has 1 fully saturated rings. The molecule has 1 aliphatic carbocycles. The van der Waals surface area contributed by atoms with Gasteiger partial charge in [-0.25, -0.2) is 19.4 Å². The fraction of sp³-hybridized carbons (Fsp3) is 0.421. The summed E-state index contributed by atoms with van der Waals surface area (Å²) in [6.07, 6.45) is 3.86. The van der Waals surface area contributed by atoms with Gasteiger partial charge in [0.2, 0.25) is 0 Å². The van der Waals surface area contributed by atoms with Gasteiger partial charge in [-0.1, -0.05) is 17.7 Å². The van der Waals surface area contributed by atoms with Gasteiger partial charge in [-0.2, -0.15) is 0 Å². The van der Waals surface area contributed by atoms with Gasteiger partial charge in [0, 0.05) is 12.6 Å². The molecule has 0 bridgehead atoms. The van der Waals surface area contributed by atoms with Crippen LogP contribution in [0.1, 0.15) is 30.7 Å². The number of hydrogen-bond donors (Lipinski definition) is 3. The van der Waals surface area contributed by atoms with Gasteiger partial charge in [-0.3, -0.25) is 4.57 Å². The van der Waals surface area contributed by atoms with Crippen molar-refractivity contribution in [2.75, 3.05) is 12.3 Å². The maximum Gasteiger partial charge on any atom is 0.328 e. The molecule has 0 aliphatic heterocycles. The lowest BCUT2D eigenvalue weighted by atomic mass is 9.93. The van der Waals surface area contributed by atoms with Gasteiger partial charge in [0.1, 0.15) is 16.9 Å². The summed E-state index contributed by atoms with van der Waals surface area (Å²) in [5.41, 5.74) is 9.36. The number of nitrogens with one attached hydrogen (secondary N) is 2. The lowest BCUT2D eigenvalue weighted by molar-refractivity contribution is 0.332. The van der Waals surface area contributed by atoms with Gasteiger partial charge in [-0.15, -0.1) is 5.10 Å². The van der Waals surface area contributed by atoms with Crippen LogP contribution in [-0.2, 0) is 13.1 Å². The molecule has 150 valence electrons. The van der Waals surface area contributed by atoms with Crippen LogP contribution < -0.4 is 16.7 Å². The average molecular weight is 393 g/mol. The van der Waals surface area contributed by atoms with E-state index in [1.165, 1.54) is 19.3 Å². The number of rotatable bonds is 6. The van der Waals surface area contributed by atoms with Crippen molar-refractivity contribution in [3.63, 3.8) is 0 Å². The van der Waals surface area contributed by atoms with Crippen molar-refractivity contribution >= 4 is 28.0 Å². The molecule has 4 N–H and O–H groups in total. The molecular formula is C19H23N9O. The summed E-state index contributed by atoms with van der Waals surface area (Å²) in [6, 6.07) is 6.61. The first kappa shape index (κ1) is 17.8. The predicted octanol–water partition coefficient (Wildman–Crippen LogP) is 0.945. The SMILES string of the molecule is Cc1nc(N)c2[nH]c(=O)n(Cc3ccc4c(c3)nnn4CCNC3CCC3)c2n1. The van der Waals surface area contributed by atoms with Crippen molar-refractivity contribution < 1.29 is 0 Å². The summed E-state index contributed by atoms with van der Waals surface area (Å²) >= 11 is 0. The minimum Gasteiger partial charge on any atom is -0.382 e. The third-order valence-electron chi connectivity index (χ3n) is 5.54. The Kier molecular flexibility index (Phi) is 4.27. The topological polar surface area (TPSA) is 132 Å². The number of aromatic amines is 1. The van der Waals surface area contributed by atoms with E-state index in [-0.39, 0.29) is 11.5 Å². The van der Waals surface area contributed by atoms with E-state index in [1.54, 1.807) is 11.5 Å². The number of nitrogen functional groups attached to an aromatic ring is 1. The van der Waals surface area contributed by atoms with Gasteiger partial charge in [0.15, 0.2) is 11.5 Å². The van der Waals surface area contributed by atoms with Crippen molar-refractivity contribution in [3.05, 3.63) is 40.1 Å². The van der Waals surface area contributed by atoms with Crippen molar-refractivity contribution in [2.45, 2.75) is 45.3 Å². The second-order valence-corrected chi connectivity index (χ2v) is 7.59. The number of hydrogen-bond acceptors (Lipinski definition) is 7. The zero-order chi connectivity index (χ0) is 20.0.